The topological polar surface area (TPSA) is 68.1 Å². The lowest BCUT2D eigenvalue weighted by molar-refractivity contribution is 0.103. The Morgan fingerprint density at radius 1 is 1.20 bits per heavy atom. The van der Waals surface area contributed by atoms with Gasteiger partial charge in [-0.1, -0.05) is 11.6 Å². The highest BCUT2D eigenvalue weighted by Crippen LogP contribution is 2.34. The Morgan fingerprint density at radius 2 is 1.88 bits per heavy atom. The third-order valence-corrected chi connectivity index (χ3v) is 4.44. The molecule has 1 heterocycles. The number of benzene rings is 2. The maximum Gasteiger partial charge on any atom is 0.197 e. The fourth-order valence-electron chi connectivity index (χ4n) is 3.06. The van der Waals surface area contributed by atoms with E-state index in [1.54, 1.807) is 31.4 Å². The number of ketones is 1. The van der Waals surface area contributed by atoms with E-state index in [1.165, 1.54) is 0 Å². The number of ether oxygens (including phenoxy) is 1. The van der Waals surface area contributed by atoms with Crippen LogP contribution in [0.25, 0.3) is 10.9 Å². The number of aryl methyl sites for hydroxylation is 1. The molecule has 1 aromatic heterocycles. The highest BCUT2D eigenvalue weighted by atomic mass is 35.5. The van der Waals surface area contributed by atoms with Gasteiger partial charge in [0.25, 0.3) is 0 Å². The number of aromatic amines is 1. The number of rotatable bonds is 5. The minimum Gasteiger partial charge on any atom is -0.496 e. The van der Waals surface area contributed by atoms with Crippen LogP contribution in [0.5, 0.6) is 5.75 Å². The number of aromatic nitrogens is 1. The van der Waals surface area contributed by atoms with Gasteiger partial charge in [-0.05, 0) is 61.9 Å². The van der Waals surface area contributed by atoms with Crippen molar-refractivity contribution in [1.29, 1.82) is 0 Å². The number of hydrogen-bond donors (Lipinski definition) is 2. The van der Waals surface area contributed by atoms with Crippen molar-refractivity contribution in [1.82, 2.24) is 4.98 Å². The molecule has 0 fully saturated rings. The first-order valence-electron chi connectivity index (χ1n) is 7.75. The average molecular weight is 379 g/mol. The van der Waals surface area contributed by atoms with Gasteiger partial charge in [0.1, 0.15) is 5.75 Å². The lowest BCUT2D eigenvalue weighted by atomic mass is 9.95. The second-order valence-electron chi connectivity index (χ2n) is 5.67. The van der Waals surface area contributed by atoms with E-state index < -0.39 is 0 Å². The van der Waals surface area contributed by atoms with E-state index in [2.05, 4.69) is 4.98 Å². The number of nitrogens with two attached hydrogens (primary N) is 1. The smallest absolute Gasteiger partial charge is 0.197 e. The van der Waals surface area contributed by atoms with Crippen LogP contribution in [0.15, 0.2) is 36.4 Å². The number of methoxy groups -OCH3 is 1. The van der Waals surface area contributed by atoms with Gasteiger partial charge >= 0.3 is 0 Å². The molecule has 0 aliphatic heterocycles. The molecule has 0 saturated heterocycles. The van der Waals surface area contributed by atoms with Gasteiger partial charge < -0.3 is 15.5 Å². The minimum absolute atomic E-state index is 0. The summed E-state index contributed by atoms with van der Waals surface area (Å²) in [5.74, 6) is 0.464. The Kier molecular flexibility index (Phi) is 6.11. The van der Waals surface area contributed by atoms with E-state index in [-0.39, 0.29) is 18.2 Å². The number of carbonyl (C=O) groups is 1. The molecule has 0 spiro atoms. The molecule has 0 aliphatic rings. The van der Waals surface area contributed by atoms with Crippen LogP contribution in [0.3, 0.4) is 0 Å². The lowest BCUT2D eigenvalue weighted by Crippen LogP contribution is -2.08. The summed E-state index contributed by atoms with van der Waals surface area (Å²) in [5, 5.41) is 1.48. The SMILES string of the molecule is COc1ccc2[nH]c(C)c(CCN)c2c1C(=O)c1ccc(Cl)cc1.Cl. The van der Waals surface area contributed by atoms with E-state index in [9.17, 15) is 4.79 Å². The van der Waals surface area contributed by atoms with Gasteiger partial charge in [-0.15, -0.1) is 12.4 Å². The number of carbonyl (C=O) groups excluding carboxylic acids is 1. The monoisotopic (exact) mass is 378 g/mol. The van der Waals surface area contributed by atoms with Crippen LogP contribution in [-0.2, 0) is 6.42 Å². The predicted octanol–water partition coefficient (Wildman–Crippen LogP) is 4.29. The normalized spacial score (nSPS) is 10.6. The van der Waals surface area contributed by atoms with Crippen LogP contribution in [0.4, 0.5) is 0 Å². The molecule has 6 heteroatoms. The summed E-state index contributed by atoms with van der Waals surface area (Å²) >= 11 is 5.93. The predicted molar refractivity (Wildman–Crippen MR) is 104 cm³/mol. The van der Waals surface area contributed by atoms with Crippen LogP contribution in [0.1, 0.15) is 27.2 Å². The Bertz CT molecular complexity index is 902. The standard InChI is InChI=1S/C19H19ClN2O2.ClH/c1-11-14(9-10-21)17-15(22-11)7-8-16(24-2)18(17)19(23)12-3-5-13(20)6-4-12;/h3-8,22H,9-10,21H2,1-2H3;1H. The summed E-state index contributed by atoms with van der Waals surface area (Å²) in [4.78, 5) is 16.5. The molecule has 3 N–H and O–H groups in total. The Labute approximate surface area is 157 Å². The first-order chi connectivity index (χ1) is 11.6. The summed E-state index contributed by atoms with van der Waals surface area (Å²) in [5.41, 5.74) is 9.88. The molecular weight excluding hydrogens is 359 g/mol. The number of H-pyrrole nitrogens is 1. The van der Waals surface area contributed by atoms with Crippen molar-refractivity contribution < 1.29 is 9.53 Å². The van der Waals surface area contributed by atoms with Gasteiger partial charge in [0, 0.05) is 27.2 Å². The number of halogens is 2. The second kappa shape index (κ2) is 7.91. The summed E-state index contributed by atoms with van der Waals surface area (Å²) in [7, 11) is 1.57. The highest BCUT2D eigenvalue weighted by molar-refractivity contribution is 6.30. The fraction of sp³-hybridized carbons (Fsp3) is 0.211. The van der Waals surface area contributed by atoms with Crippen molar-refractivity contribution in [3.8, 4) is 5.75 Å². The van der Waals surface area contributed by atoms with E-state index in [4.69, 9.17) is 22.1 Å². The van der Waals surface area contributed by atoms with Crippen molar-refractivity contribution in [2.45, 2.75) is 13.3 Å². The van der Waals surface area contributed by atoms with Crippen molar-refractivity contribution in [2.24, 2.45) is 5.73 Å². The third kappa shape index (κ3) is 3.52. The van der Waals surface area contributed by atoms with Crippen LogP contribution in [0.2, 0.25) is 5.02 Å². The highest BCUT2D eigenvalue weighted by Gasteiger charge is 2.22. The molecule has 0 saturated carbocycles. The zero-order valence-electron chi connectivity index (χ0n) is 14.1. The molecule has 3 rings (SSSR count). The Hall–Kier alpha value is -2.01. The minimum atomic E-state index is -0.0913. The largest absolute Gasteiger partial charge is 0.496 e. The Balaban J connectivity index is 0.00000225. The summed E-state index contributed by atoms with van der Waals surface area (Å²) < 4.78 is 5.47. The van der Waals surface area contributed by atoms with E-state index in [1.807, 2.05) is 19.1 Å². The zero-order valence-corrected chi connectivity index (χ0v) is 15.6. The van der Waals surface area contributed by atoms with Crippen molar-refractivity contribution >= 4 is 40.7 Å². The first-order valence-corrected chi connectivity index (χ1v) is 8.13. The van der Waals surface area contributed by atoms with Gasteiger partial charge in [0.15, 0.2) is 5.78 Å². The molecule has 4 nitrogen and oxygen atoms in total. The van der Waals surface area contributed by atoms with Crippen molar-refractivity contribution in [3.05, 3.63) is 63.8 Å². The summed E-state index contributed by atoms with van der Waals surface area (Å²) in [6.07, 6.45) is 0.694. The molecule has 0 atom stereocenters. The first kappa shape index (κ1) is 19.3. The number of nitrogens with one attached hydrogen (secondary N) is 1. The number of hydrogen-bond acceptors (Lipinski definition) is 3. The molecule has 0 unspecified atom stereocenters. The van der Waals surface area contributed by atoms with Gasteiger partial charge in [-0.25, -0.2) is 0 Å². The van der Waals surface area contributed by atoms with Crippen LogP contribution >= 0.6 is 24.0 Å². The second-order valence-corrected chi connectivity index (χ2v) is 6.11. The maximum atomic E-state index is 13.1. The quantitative estimate of drug-likeness (QED) is 0.650. The van der Waals surface area contributed by atoms with E-state index >= 15 is 0 Å². The van der Waals surface area contributed by atoms with Crippen LogP contribution in [0, 0.1) is 6.92 Å². The Morgan fingerprint density at radius 3 is 2.48 bits per heavy atom. The molecule has 25 heavy (non-hydrogen) atoms. The zero-order chi connectivity index (χ0) is 17.3. The third-order valence-electron chi connectivity index (χ3n) is 4.19. The van der Waals surface area contributed by atoms with Crippen molar-refractivity contribution in [3.63, 3.8) is 0 Å². The summed E-state index contributed by atoms with van der Waals surface area (Å²) in [6, 6.07) is 10.6. The van der Waals surface area contributed by atoms with Gasteiger partial charge in [0.05, 0.1) is 12.7 Å². The molecule has 0 aliphatic carbocycles. The molecule has 132 valence electrons. The van der Waals surface area contributed by atoms with E-state index in [0.29, 0.717) is 34.9 Å². The molecule has 0 bridgehead atoms. The van der Waals surface area contributed by atoms with Gasteiger partial charge in [-0.3, -0.25) is 4.79 Å². The van der Waals surface area contributed by atoms with E-state index in [0.717, 1.165) is 22.2 Å². The van der Waals surface area contributed by atoms with Crippen LogP contribution < -0.4 is 10.5 Å². The number of fused-ring (bicyclic) bond motifs is 1. The molecule has 3 aromatic rings. The van der Waals surface area contributed by atoms with Crippen molar-refractivity contribution in [2.75, 3.05) is 13.7 Å². The molecule has 2 aromatic carbocycles. The maximum absolute atomic E-state index is 13.1. The average Bonchev–Trinajstić information content (AvgIpc) is 2.90. The fourth-order valence-corrected chi connectivity index (χ4v) is 3.19. The molecule has 0 radical (unpaired) electrons. The molecular formula is C19H20Cl2N2O2. The van der Waals surface area contributed by atoms with Gasteiger partial charge in [0.2, 0.25) is 0 Å². The van der Waals surface area contributed by atoms with Crippen LogP contribution in [-0.4, -0.2) is 24.4 Å². The van der Waals surface area contributed by atoms with Gasteiger partial charge in [-0.2, -0.15) is 0 Å². The summed E-state index contributed by atoms with van der Waals surface area (Å²) in [6.45, 7) is 2.51. The lowest BCUT2D eigenvalue weighted by Gasteiger charge is -2.11. The molecule has 0 amide bonds.